The second-order valence-corrected chi connectivity index (χ2v) is 4.39. The minimum absolute atomic E-state index is 0.0275. The molecule has 1 aromatic heterocycles. The van der Waals surface area contributed by atoms with Crippen LogP contribution in [0.25, 0.3) is 0 Å². The van der Waals surface area contributed by atoms with E-state index in [9.17, 15) is 4.79 Å². The minimum atomic E-state index is -0.0751. The summed E-state index contributed by atoms with van der Waals surface area (Å²) in [6.45, 7) is 5.44. The van der Waals surface area contributed by atoms with Crippen molar-refractivity contribution < 1.29 is 4.79 Å². The first-order chi connectivity index (χ1) is 7.65. The normalized spacial score (nSPS) is 12.2. The third-order valence-electron chi connectivity index (χ3n) is 2.15. The highest BCUT2D eigenvalue weighted by Gasteiger charge is 2.13. The van der Waals surface area contributed by atoms with E-state index in [1.807, 2.05) is 26.0 Å². The zero-order valence-electron chi connectivity index (χ0n) is 9.46. The van der Waals surface area contributed by atoms with E-state index in [1.165, 1.54) is 0 Å². The van der Waals surface area contributed by atoms with Gasteiger partial charge in [-0.05, 0) is 34.6 Å². The first kappa shape index (κ1) is 13.1. The van der Waals surface area contributed by atoms with Crippen molar-refractivity contribution in [2.45, 2.75) is 13.8 Å². The number of amides is 1. The molecule has 1 atom stereocenters. The molecular formula is C11H16BrN3O. The molecule has 0 spiro atoms. The fraction of sp³-hybridized carbons (Fsp3) is 0.455. The SMILES string of the molecule is CCNCC(C)C(=O)Nc1ncccc1Br. The van der Waals surface area contributed by atoms with E-state index in [0.717, 1.165) is 11.0 Å². The van der Waals surface area contributed by atoms with Crippen LogP contribution < -0.4 is 10.6 Å². The molecule has 0 bridgehead atoms. The van der Waals surface area contributed by atoms with Crippen molar-refractivity contribution >= 4 is 27.7 Å². The van der Waals surface area contributed by atoms with Crippen LogP contribution in [0.1, 0.15) is 13.8 Å². The van der Waals surface area contributed by atoms with Crippen molar-refractivity contribution in [3.05, 3.63) is 22.8 Å². The molecule has 0 aliphatic rings. The Morgan fingerprint density at radius 1 is 1.62 bits per heavy atom. The number of anilines is 1. The lowest BCUT2D eigenvalue weighted by Crippen LogP contribution is -2.30. The average molecular weight is 286 g/mol. The standard InChI is InChI=1S/C11H16BrN3O/c1-3-13-7-8(2)11(16)15-10-9(12)5-4-6-14-10/h4-6,8,13H,3,7H2,1-2H3,(H,14,15,16). The number of hydrogen-bond acceptors (Lipinski definition) is 3. The summed E-state index contributed by atoms with van der Waals surface area (Å²) in [5.74, 6) is 0.463. The summed E-state index contributed by atoms with van der Waals surface area (Å²) < 4.78 is 0.791. The Labute approximate surface area is 104 Å². The molecule has 4 nitrogen and oxygen atoms in total. The lowest BCUT2D eigenvalue weighted by atomic mass is 10.1. The first-order valence-corrected chi connectivity index (χ1v) is 6.06. The van der Waals surface area contributed by atoms with Gasteiger partial charge in [0.05, 0.1) is 4.47 Å². The number of halogens is 1. The van der Waals surface area contributed by atoms with Crippen LogP contribution in [-0.2, 0) is 4.79 Å². The first-order valence-electron chi connectivity index (χ1n) is 5.27. The molecule has 0 fully saturated rings. The van der Waals surface area contributed by atoms with E-state index in [-0.39, 0.29) is 11.8 Å². The number of hydrogen-bond donors (Lipinski definition) is 2. The highest BCUT2D eigenvalue weighted by molar-refractivity contribution is 9.10. The average Bonchev–Trinajstić information content (AvgIpc) is 2.28. The Morgan fingerprint density at radius 2 is 2.38 bits per heavy atom. The highest BCUT2D eigenvalue weighted by Crippen LogP contribution is 2.18. The molecule has 1 heterocycles. The zero-order valence-corrected chi connectivity index (χ0v) is 11.0. The molecule has 1 unspecified atom stereocenters. The molecular weight excluding hydrogens is 270 g/mol. The minimum Gasteiger partial charge on any atom is -0.316 e. The fourth-order valence-electron chi connectivity index (χ4n) is 1.17. The van der Waals surface area contributed by atoms with Gasteiger partial charge in [-0.15, -0.1) is 0 Å². The van der Waals surface area contributed by atoms with Gasteiger partial charge < -0.3 is 10.6 Å². The number of carbonyl (C=O) groups is 1. The van der Waals surface area contributed by atoms with Crippen molar-refractivity contribution in [3.8, 4) is 0 Å². The molecule has 0 saturated heterocycles. The summed E-state index contributed by atoms with van der Waals surface area (Å²) in [5.41, 5.74) is 0. The van der Waals surface area contributed by atoms with Crippen molar-refractivity contribution in [2.75, 3.05) is 18.4 Å². The molecule has 0 aliphatic heterocycles. The lowest BCUT2D eigenvalue weighted by Gasteiger charge is -2.12. The Kier molecular flexibility index (Phi) is 5.42. The van der Waals surface area contributed by atoms with Crippen LogP contribution >= 0.6 is 15.9 Å². The maximum absolute atomic E-state index is 11.8. The predicted octanol–water partition coefficient (Wildman–Crippen LogP) is 2.03. The molecule has 2 N–H and O–H groups in total. The van der Waals surface area contributed by atoms with Gasteiger partial charge in [-0.1, -0.05) is 13.8 Å². The van der Waals surface area contributed by atoms with E-state index < -0.39 is 0 Å². The number of nitrogens with zero attached hydrogens (tertiary/aromatic N) is 1. The van der Waals surface area contributed by atoms with Gasteiger partial charge in [0.15, 0.2) is 0 Å². The van der Waals surface area contributed by atoms with Crippen LogP contribution in [0, 0.1) is 5.92 Å². The third-order valence-corrected chi connectivity index (χ3v) is 2.79. The molecule has 88 valence electrons. The second kappa shape index (κ2) is 6.60. The summed E-state index contributed by atoms with van der Waals surface area (Å²) in [5, 5.41) is 5.92. The molecule has 1 amide bonds. The summed E-state index contributed by atoms with van der Waals surface area (Å²) in [6.07, 6.45) is 1.65. The number of pyridine rings is 1. The number of aromatic nitrogens is 1. The van der Waals surface area contributed by atoms with Crippen molar-refractivity contribution in [3.63, 3.8) is 0 Å². The smallest absolute Gasteiger partial charge is 0.229 e. The van der Waals surface area contributed by atoms with Crippen LogP contribution in [0.5, 0.6) is 0 Å². The quantitative estimate of drug-likeness (QED) is 0.870. The highest BCUT2D eigenvalue weighted by atomic mass is 79.9. The van der Waals surface area contributed by atoms with Crippen LogP contribution in [0.3, 0.4) is 0 Å². The van der Waals surface area contributed by atoms with Crippen molar-refractivity contribution in [1.82, 2.24) is 10.3 Å². The topological polar surface area (TPSA) is 54.0 Å². The van der Waals surface area contributed by atoms with Gasteiger partial charge >= 0.3 is 0 Å². The molecule has 0 aromatic carbocycles. The molecule has 5 heteroatoms. The second-order valence-electron chi connectivity index (χ2n) is 3.53. The van der Waals surface area contributed by atoms with Crippen LogP contribution in [0.2, 0.25) is 0 Å². The number of rotatable bonds is 5. The monoisotopic (exact) mass is 285 g/mol. The number of carbonyl (C=O) groups excluding carboxylic acids is 1. The van der Waals surface area contributed by atoms with E-state index in [0.29, 0.717) is 12.4 Å². The van der Waals surface area contributed by atoms with Gasteiger partial charge in [-0.3, -0.25) is 4.79 Å². The Morgan fingerprint density at radius 3 is 3.00 bits per heavy atom. The van der Waals surface area contributed by atoms with Crippen LogP contribution in [0.15, 0.2) is 22.8 Å². The lowest BCUT2D eigenvalue weighted by molar-refractivity contribution is -0.119. The molecule has 0 saturated carbocycles. The van der Waals surface area contributed by atoms with Crippen molar-refractivity contribution in [2.24, 2.45) is 5.92 Å². The van der Waals surface area contributed by atoms with Gasteiger partial charge in [0.1, 0.15) is 5.82 Å². The Balaban J connectivity index is 2.54. The van der Waals surface area contributed by atoms with Gasteiger partial charge in [-0.25, -0.2) is 4.98 Å². The summed E-state index contributed by atoms with van der Waals surface area (Å²) >= 11 is 3.33. The molecule has 1 rings (SSSR count). The van der Waals surface area contributed by atoms with E-state index in [1.54, 1.807) is 6.20 Å². The van der Waals surface area contributed by atoms with E-state index in [2.05, 4.69) is 31.5 Å². The molecule has 1 aromatic rings. The van der Waals surface area contributed by atoms with Gasteiger partial charge in [0, 0.05) is 18.7 Å². The molecule has 16 heavy (non-hydrogen) atoms. The van der Waals surface area contributed by atoms with Gasteiger partial charge in [0.25, 0.3) is 0 Å². The van der Waals surface area contributed by atoms with Crippen LogP contribution in [-0.4, -0.2) is 24.0 Å². The number of nitrogens with one attached hydrogen (secondary N) is 2. The summed E-state index contributed by atoms with van der Waals surface area (Å²) in [4.78, 5) is 15.8. The zero-order chi connectivity index (χ0) is 12.0. The maximum Gasteiger partial charge on any atom is 0.229 e. The van der Waals surface area contributed by atoms with Crippen LogP contribution in [0.4, 0.5) is 5.82 Å². The fourth-order valence-corrected chi connectivity index (χ4v) is 1.53. The summed E-state index contributed by atoms with van der Waals surface area (Å²) in [7, 11) is 0. The third kappa shape index (κ3) is 3.90. The summed E-state index contributed by atoms with van der Waals surface area (Å²) in [6, 6.07) is 3.65. The largest absolute Gasteiger partial charge is 0.316 e. The Bertz CT molecular complexity index is 357. The Hall–Kier alpha value is -0.940. The molecule has 0 radical (unpaired) electrons. The predicted molar refractivity (Wildman–Crippen MR) is 68.3 cm³/mol. The molecule has 0 aliphatic carbocycles. The van der Waals surface area contributed by atoms with Crippen molar-refractivity contribution in [1.29, 1.82) is 0 Å². The van der Waals surface area contributed by atoms with Gasteiger partial charge in [0.2, 0.25) is 5.91 Å². The van der Waals surface area contributed by atoms with E-state index in [4.69, 9.17) is 0 Å². The van der Waals surface area contributed by atoms with Gasteiger partial charge in [-0.2, -0.15) is 0 Å². The maximum atomic E-state index is 11.8. The van der Waals surface area contributed by atoms with E-state index >= 15 is 0 Å².